The van der Waals surface area contributed by atoms with E-state index in [0.29, 0.717) is 6.42 Å². The van der Waals surface area contributed by atoms with E-state index in [1.165, 1.54) is 6.08 Å². The topological polar surface area (TPSA) is 75.6 Å². The third-order valence-corrected chi connectivity index (χ3v) is 1.74. The Morgan fingerprint density at radius 3 is 2.85 bits per heavy atom. The Morgan fingerprint density at radius 1 is 1.69 bits per heavy atom. The van der Waals surface area contributed by atoms with E-state index < -0.39 is 18.0 Å². The van der Waals surface area contributed by atoms with Crippen LogP contribution in [0.15, 0.2) is 12.7 Å². The average Bonchev–Trinajstić information content (AvgIpc) is 2.80. The number of carbonyl (C=O) groups excluding carboxylic acids is 1. The number of nitrogens with one attached hydrogen (secondary N) is 1. The van der Waals surface area contributed by atoms with Crippen LogP contribution in [-0.2, 0) is 9.53 Å². The molecule has 0 bridgehead atoms. The molecule has 2 atom stereocenters. The number of alkyl carbamates (subject to hydrolysis) is 1. The minimum Gasteiger partial charge on any atom is -0.481 e. The Hall–Kier alpha value is -1.52. The van der Waals surface area contributed by atoms with Gasteiger partial charge in [0.25, 0.3) is 0 Å². The first-order valence-corrected chi connectivity index (χ1v) is 3.92. The Labute approximate surface area is 75.4 Å². The maximum Gasteiger partial charge on any atom is 0.407 e. The predicted molar refractivity (Wildman–Crippen MR) is 44.2 cm³/mol. The molecule has 5 nitrogen and oxygen atoms in total. The Bertz CT molecular complexity index is 238. The molecule has 1 aliphatic carbocycles. The van der Waals surface area contributed by atoms with Crippen molar-refractivity contribution in [3.63, 3.8) is 0 Å². The van der Waals surface area contributed by atoms with Crippen molar-refractivity contribution in [3.8, 4) is 0 Å². The van der Waals surface area contributed by atoms with Gasteiger partial charge in [-0.25, -0.2) is 4.79 Å². The minimum absolute atomic E-state index is 0.135. The zero-order valence-corrected chi connectivity index (χ0v) is 7.03. The van der Waals surface area contributed by atoms with Crippen LogP contribution in [-0.4, -0.2) is 29.8 Å². The maximum atomic E-state index is 10.8. The van der Waals surface area contributed by atoms with Crippen molar-refractivity contribution in [3.05, 3.63) is 12.7 Å². The molecule has 0 saturated heterocycles. The van der Waals surface area contributed by atoms with E-state index in [1.54, 1.807) is 0 Å². The molecule has 1 rings (SSSR count). The molecule has 2 N–H and O–H groups in total. The van der Waals surface area contributed by atoms with Crippen LogP contribution in [0.2, 0.25) is 0 Å². The summed E-state index contributed by atoms with van der Waals surface area (Å²) in [5.74, 6) is -1.33. The van der Waals surface area contributed by atoms with Gasteiger partial charge in [-0.1, -0.05) is 12.7 Å². The second-order valence-electron chi connectivity index (χ2n) is 2.82. The van der Waals surface area contributed by atoms with Gasteiger partial charge >= 0.3 is 12.1 Å². The van der Waals surface area contributed by atoms with Crippen molar-refractivity contribution < 1.29 is 19.4 Å². The number of carboxylic acid groups (broad SMARTS) is 1. The lowest BCUT2D eigenvalue weighted by Crippen LogP contribution is -2.28. The highest BCUT2D eigenvalue weighted by Gasteiger charge is 2.44. The van der Waals surface area contributed by atoms with Crippen molar-refractivity contribution in [1.29, 1.82) is 0 Å². The van der Waals surface area contributed by atoms with Crippen LogP contribution in [0.1, 0.15) is 6.42 Å². The smallest absolute Gasteiger partial charge is 0.407 e. The second-order valence-corrected chi connectivity index (χ2v) is 2.82. The number of carboxylic acids is 1. The molecule has 13 heavy (non-hydrogen) atoms. The number of ether oxygens (including phenoxy) is 1. The molecule has 5 heteroatoms. The number of amides is 1. The summed E-state index contributed by atoms with van der Waals surface area (Å²) in [5, 5.41) is 10.9. The van der Waals surface area contributed by atoms with Gasteiger partial charge in [-0.2, -0.15) is 0 Å². The first-order chi connectivity index (χ1) is 6.15. The van der Waals surface area contributed by atoms with Crippen LogP contribution in [0.3, 0.4) is 0 Å². The van der Waals surface area contributed by atoms with Crippen molar-refractivity contribution >= 4 is 12.1 Å². The Balaban J connectivity index is 2.16. The fourth-order valence-electron chi connectivity index (χ4n) is 0.955. The molecule has 0 spiro atoms. The van der Waals surface area contributed by atoms with E-state index in [9.17, 15) is 9.59 Å². The van der Waals surface area contributed by atoms with Gasteiger partial charge in [-0.05, 0) is 6.42 Å². The summed E-state index contributed by atoms with van der Waals surface area (Å²) in [6, 6.07) is -0.269. The van der Waals surface area contributed by atoms with E-state index in [2.05, 4.69) is 16.6 Å². The number of rotatable bonds is 4. The van der Waals surface area contributed by atoms with Crippen LogP contribution in [0, 0.1) is 5.92 Å². The molecule has 1 saturated carbocycles. The highest BCUT2D eigenvalue weighted by Crippen LogP contribution is 2.30. The van der Waals surface area contributed by atoms with Gasteiger partial charge in [-0.3, -0.25) is 4.79 Å². The van der Waals surface area contributed by atoms with E-state index in [1.807, 2.05) is 0 Å². The molecule has 0 aromatic carbocycles. The van der Waals surface area contributed by atoms with E-state index >= 15 is 0 Å². The van der Waals surface area contributed by atoms with Crippen molar-refractivity contribution in [2.75, 3.05) is 6.61 Å². The lowest BCUT2D eigenvalue weighted by molar-refractivity contribution is -0.138. The van der Waals surface area contributed by atoms with Crippen LogP contribution >= 0.6 is 0 Å². The number of hydrogen-bond acceptors (Lipinski definition) is 3. The zero-order valence-electron chi connectivity index (χ0n) is 7.03. The van der Waals surface area contributed by atoms with Crippen molar-refractivity contribution in [1.82, 2.24) is 5.32 Å². The highest BCUT2D eigenvalue weighted by molar-refractivity contribution is 5.77. The maximum absolute atomic E-state index is 10.8. The average molecular weight is 185 g/mol. The van der Waals surface area contributed by atoms with Crippen molar-refractivity contribution in [2.45, 2.75) is 12.5 Å². The van der Waals surface area contributed by atoms with E-state index in [4.69, 9.17) is 5.11 Å². The monoisotopic (exact) mass is 185 g/mol. The molecule has 1 aliphatic rings. The second kappa shape index (κ2) is 3.93. The predicted octanol–water partition coefficient (Wildman–Crippen LogP) is 0.372. The van der Waals surface area contributed by atoms with Gasteiger partial charge < -0.3 is 15.2 Å². The molecule has 0 heterocycles. The molecular formula is C8H11NO4. The molecule has 0 radical (unpaired) electrons. The lowest BCUT2D eigenvalue weighted by atomic mass is 10.4. The Kier molecular flexibility index (Phi) is 2.89. The summed E-state index contributed by atoms with van der Waals surface area (Å²) in [6.45, 7) is 3.51. The summed E-state index contributed by atoms with van der Waals surface area (Å²) < 4.78 is 4.61. The van der Waals surface area contributed by atoms with Gasteiger partial charge in [0.05, 0.1) is 5.92 Å². The summed E-state index contributed by atoms with van der Waals surface area (Å²) >= 11 is 0. The first kappa shape index (κ1) is 9.57. The number of carbonyl (C=O) groups is 2. The van der Waals surface area contributed by atoms with Crippen LogP contribution in [0.25, 0.3) is 0 Å². The molecule has 0 unspecified atom stereocenters. The molecule has 1 fully saturated rings. The summed E-state index contributed by atoms with van der Waals surface area (Å²) in [5.41, 5.74) is 0. The minimum atomic E-state index is -0.881. The zero-order chi connectivity index (χ0) is 9.84. The van der Waals surface area contributed by atoms with Crippen LogP contribution in [0.5, 0.6) is 0 Å². The van der Waals surface area contributed by atoms with Crippen LogP contribution in [0.4, 0.5) is 4.79 Å². The molecule has 72 valence electrons. The summed E-state index contributed by atoms with van der Waals surface area (Å²) in [4.78, 5) is 21.2. The quantitative estimate of drug-likeness (QED) is 0.620. The molecule has 0 aliphatic heterocycles. The van der Waals surface area contributed by atoms with Gasteiger partial charge in [0.15, 0.2) is 0 Å². The van der Waals surface area contributed by atoms with Gasteiger partial charge in [-0.15, -0.1) is 0 Å². The molecule has 0 aromatic heterocycles. The molecule has 1 amide bonds. The SMILES string of the molecule is C=CCOC(=O)N[C@@H]1C[C@H]1C(=O)O. The summed E-state index contributed by atoms with van der Waals surface area (Å²) in [6.07, 6.45) is 1.34. The lowest BCUT2D eigenvalue weighted by Gasteiger charge is -2.02. The standard InChI is InChI=1S/C8H11NO4/c1-2-3-13-8(12)9-6-4-5(6)7(10)11/h2,5-6H,1,3-4H2,(H,9,12)(H,10,11)/t5-,6-/m1/s1. The summed E-state index contributed by atoms with van der Waals surface area (Å²) in [7, 11) is 0. The first-order valence-electron chi connectivity index (χ1n) is 3.92. The normalized spacial score (nSPS) is 24.6. The largest absolute Gasteiger partial charge is 0.481 e. The fourth-order valence-corrected chi connectivity index (χ4v) is 0.955. The number of hydrogen-bond donors (Lipinski definition) is 2. The fraction of sp³-hybridized carbons (Fsp3) is 0.500. The van der Waals surface area contributed by atoms with Crippen LogP contribution < -0.4 is 5.32 Å². The van der Waals surface area contributed by atoms with Gasteiger partial charge in [0, 0.05) is 6.04 Å². The van der Waals surface area contributed by atoms with E-state index in [0.717, 1.165) is 0 Å². The Morgan fingerprint density at radius 2 is 2.38 bits per heavy atom. The van der Waals surface area contributed by atoms with Gasteiger partial charge in [0.1, 0.15) is 6.61 Å². The third-order valence-electron chi connectivity index (χ3n) is 1.74. The van der Waals surface area contributed by atoms with Gasteiger partial charge in [0.2, 0.25) is 0 Å². The molecule has 0 aromatic rings. The highest BCUT2D eigenvalue weighted by atomic mass is 16.5. The third kappa shape index (κ3) is 2.77. The number of aliphatic carboxylic acids is 1. The van der Waals surface area contributed by atoms with E-state index in [-0.39, 0.29) is 12.6 Å². The van der Waals surface area contributed by atoms with Crippen molar-refractivity contribution in [2.24, 2.45) is 5.92 Å². The molecular weight excluding hydrogens is 174 g/mol.